The Hall–Kier alpha value is -2.27. The van der Waals surface area contributed by atoms with Gasteiger partial charge in [-0.3, -0.25) is 4.79 Å². The minimum absolute atomic E-state index is 0.266. The van der Waals surface area contributed by atoms with Crippen molar-refractivity contribution in [3.8, 4) is 5.75 Å². The van der Waals surface area contributed by atoms with Crippen molar-refractivity contribution in [2.75, 3.05) is 14.2 Å². The van der Waals surface area contributed by atoms with Crippen LogP contribution in [0.3, 0.4) is 0 Å². The second kappa shape index (κ2) is 6.77. The monoisotopic (exact) mass is 275 g/mol. The molecule has 5 heteroatoms. The Kier molecular flexibility index (Phi) is 4.79. The molecule has 0 bridgehead atoms. The summed E-state index contributed by atoms with van der Waals surface area (Å²) in [6.45, 7) is 0.725. The van der Waals surface area contributed by atoms with E-state index >= 15 is 0 Å². The molecule has 1 amide bonds. The topological polar surface area (TPSA) is 60.7 Å². The summed E-state index contributed by atoms with van der Waals surface area (Å²) in [6, 6.07) is 10.9. The van der Waals surface area contributed by atoms with Gasteiger partial charge in [0.05, 0.1) is 7.11 Å². The minimum Gasteiger partial charge on any atom is -0.496 e. The third-order valence-corrected chi connectivity index (χ3v) is 2.80. The van der Waals surface area contributed by atoms with Crippen LogP contribution in [0.15, 0.2) is 40.8 Å². The maximum absolute atomic E-state index is 11.9. The Labute approximate surface area is 117 Å². The second-order valence-electron chi connectivity index (χ2n) is 4.19. The van der Waals surface area contributed by atoms with Gasteiger partial charge in [0.15, 0.2) is 5.76 Å². The van der Waals surface area contributed by atoms with Crippen molar-refractivity contribution in [3.63, 3.8) is 0 Å². The van der Waals surface area contributed by atoms with Crippen LogP contribution in [0.5, 0.6) is 5.75 Å². The number of hydrogen-bond donors (Lipinski definition) is 1. The molecule has 0 saturated carbocycles. The fourth-order valence-electron chi connectivity index (χ4n) is 1.83. The molecule has 5 nitrogen and oxygen atoms in total. The molecule has 0 aliphatic heterocycles. The van der Waals surface area contributed by atoms with Gasteiger partial charge in [-0.05, 0) is 18.2 Å². The second-order valence-corrected chi connectivity index (χ2v) is 4.19. The van der Waals surface area contributed by atoms with E-state index in [1.165, 1.54) is 0 Å². The van der Waals surface area contributed by atoms with Crippen molar-refractivity contribution in [1.29, 1.82) is 0 Å². The smallest absolute Gasteiger partial charge is 0.287 e. The summed E-state index contributed by atoms with van der Waals surface area (Å²) in [5, 5.41) is 2.79. The molecule has 20 heavy (non-hydrogen) atoms. The summed E-state index contributed by atoms with van der Waals surface area (Å²) in [5.41, 5.74) is 0.909. The van der Waals surface area contributed by atoms with Crippen molar-refractivity contribution < 1.29 is 18.7 Å². The average Bonchev–Trinajstić information content (AvgIpc) is 2.94. The van der Waals surface area contributed by atoms with Crippen LogP contribution in [0.25, 0.3) is 0 Å². The molecule has 0 saturated heterocycles. The van der Waals surface area contributed by atoms with Crippen molar-refractivity contribution in [1.82, 2.24) is 5.32 Å². The molecule has 2 aromatic rings. The van der Waals surface area contributed by atoms with E-state index in [1.807, 2.05) is 24.3 Å². The SMILES string of the molecule is COCc1ccc(C(=O)NCc2ccccc2OC)o1. The summed E-state index contributed by atoms with van der Waals surface area (Å²) in [7, 11) is 3.17. The van der Waals surface area contributed by atoms with Crippen LogP contribution in [0.1, 0.15) is 21.9 Å². The van der Waals surface area contributed by atoms with E-state index in [9.17, 15) is 4.79 Å². The lowest BCUT2D eigenvalue weighted by Crippen LogP contribution is -2.22. The Balaban J connectivity index is 1.97. The van der Waals surface area contributed by atoms with Crippen LogP contribution in [-0.2, 0) is 17.9 Å². The van der Waals surface area contributed by atoms with Crippen molar-refractivity contribution in [3.05, 3.63) is 53.5 Å². The van der Waals surface area contributed by atoms with E-state index in [0.717, 1.165) is 11.3 Å². The number of rotatable bonds is 6. The van der Waals surface area contributed by atoms with E-state index in [2.05, 4.69) is 5.32 Å². The molecule has 0 aliphatic carbocycles. The van der Waals surface area contributed by atoms with Crippen LogP contribution in [-0.4, -0.2) is 20.1 Å². The number of hydrogen-bond acceptors (Lipinski definition) is 4. The van der Waals surface area contributed by atoms with Crippen molar-refractivity contribution in [2.24, 2.45) is 0 Å². The summed E-state index contributed by atoms with van der Waals surface area (Å²) >= 11 is 0. The third kappa shape index (κ3) is 3.39. The Morgan fingerprint density at radius 3 is 2.75 bits per heavy atom. The van der Waals surface area contributed by atoms with E-state index < -0.39 is 0 Å². The molecule has 106 valence electrons. The quantitative estimate of drug-likeness (QED) is 0.879. The molecule has 1 aromatic carbocycles. The maximum atomic E-state index is 11.9. The van der Waals surface area contributed by atoms with Crippen LogP contribution < -0.4 is 10.1 Å². The number of para-hydroxylation sites is 1. The number of ether oxygens (including phenoxy) is 2. The molecule has 2 rings (SSSR count). The summed E-state index contributed by atoms with van der Waals surface area (Å²) in [6.07, 6.45) is 0. The van der Waals surface area contributed by atoms with Gasteiger partial charge in [-0.15, -0.1) is 0 Å². The van der Waals surface area contributed by atoms with Gasteiger partial charge in [0, 0.05) is 19.2 Å². The summed E-state index contributed by atoms with van der Waals surface area (Å²) < 4.78 is 15.5. The molecule has 1 heterocycles. The first-order valence-electron chi connectivity index (χ1n) is 6.22. The van der Waals surface area contributed by atoms with Gasteiger partial charge < -0.3 is 19.2 Å². The lowest BCUT2D eigenvalue weighted by atomic mass is 10.2. The Morgan fingerprint density at radius 1 is 1.20 bits per heavy atom. The molecule has 0 unspecified atom stereocenters. The molecule has 1 aromatic heterocycles. The highest BCUT2D eigenvalue weighted by Gasteiger charge is 2.11. The first kappa shape index (κ1) is 14.1. The fraction of sp³-hybridized carbons (Fsp3) is 0.267. The standard InChI is InChI=1S/C15H17NO4/c1-18-10-12-7-8-14(20-12)15(17)16-9-11-5-3-4-6-13(11)19-2/h3-8H,9-10H2,1-2H3,(H,16,17). The van der Waals surface area contributed by atoms with Crippen molar-refractivity contribution in [2.45, 2.75) is 13.2 Å². The number of carbonyl (C=O) groups is 1. The number of methoxy groups -OCH3 is 2. The predicted molar refractivity (Wildman–Crippen MR) is 73.6 cm³/mol. The summed E-state index contributed by atoms with van der Waals surface area (Å²) in [5.74, 6) is 1.37. The maximum Gasteiger partial charge on any atom is 0.287 e. The molecule has 0 atom stereocenters. The molecule has 1 N–H and O–H groups in total. The van der Waals surface area contributed by atoms with Gasteiger partial charge in [-0.2, -0.15) is 0 Å². The van der Waals surface area contributed by atoms with Crippen LogP contribution in [0.4, 0.5) is 0 Å². The number of carbonyl (C=O) groups excluding carboxylic acids is 1. The molecule has 0 aliphatic rings. The van der Waals surface area contributed by atoms with E-state index in [-0.39, 0.29) is 11.7 Å². The van der Waals surface area contributed by atoms with E-state index in [0.29, 0.717) is 18.9 Å². The first-order chi connectivity index (χ1) is 9.74. The molecular weight excluding hydrogens is 258 g/mol. The highest BCUT2D eigenvalue weighted by Crippen LogP contribution is 2.17. The molecule has 0 fully saturated rings. The largest absolute Gasteiger partial charge is 0.496 e. The van der Waals surface area contributed by atoms with Gasteiger partial charge in [-0.1, -0.05) is 18.2 Å². The average molecular weight is 275 g/mol. The fourth-order valence-corrected chi connectivity index (χ4v) is 1.83. The van der Waals surface area contributed by atoms with Crippen molar-refractivity contribution >= 4 is 5.91 Å². The number of amides is 1. The normalized spacial score (nSPS) is 10.3. The predicted octanol–water partition coefficient (Wildman–Crippen LogP) is 2.36. The van der Waals surface area contributed by atoms with Gasteiger partial charge in [0.1, 0.15) is 18.1 Å². The lowest BCUT2D eigenvalue weighted by molar-refractivity contribution is 0.0914. The number of furan rings is 1. The minimum atomic E-state index is -0.266. The number of benzene rings is 1. The van der Waals surface area contributed by atoms with Gasteiger partial charge in [0.25, 0.3) is 5.91 Å². The highest BCUT2D eigenvalue weighted by molar-refractivity contribution is 5.91. The Morgan fingerprint density at radius 2 is 2.00 bits per heavy atom. The van der Waals surface area contributed by atoms with Gasteiger partial charge in [-0.25, -0.2) is 0 Å². The van der Waals surface area contributed by atoms with Crippen LogP contribution in [0.2, 0.25) is 0 Å². The zero-order valence-corrected chi connectivity index (χ0v) is 11.5. The molecule has 0 spiro atoms. The van der Waals surface area contributed by atoms with Gasteiger partial charge in [0.2, 0.25) is 0 Å². The van der Waals surface area contributed by atoms with Crippen LogP contribution >= 0.6 is 0 Å². The van der Waals surface area contributed by atoms with E-state index in [1.54, 1.807) is 26.4 Å². The molecule has 0 radical (unpaired) electrons. The summed E-state index contributed by atoms with van der Waals surface area (Å²) in [4.78, 5) is 11.9. The van der Waals surface area contributed by atoms with Crippen LogP contribution in [0, 0.1) is 0 Å². The van der Waals surface area contributed by atoms with E-state index in [4.69, 9.17) is 13.9 Å². The highest BCUT2D eigenvalue weighted by atomic mass is 16.5. The third-order valence-electron chi connectivity index (χ3n) is 2.80. The van der Waals surface area contributed by atoms with Gasteiger partial charge >= 0.3 is 0 Å². The molecular formula is C15H17NO4. The number of nitrogens with one attached hydrogen (secondary N) is 1. The first-order valence-corrected chi connectivity index (χ1v) is 6.22. The zero-order valence-electron chi connectivity index (χ0n) is 11.5. The zero-order chi connectivity index (χ0) is 14.4. The lowest BCUT2D eigenvalue weighted by Gasteiger charge is -2.08. The Bertz CT molecular complexity index is 577.